The average Bonchev–Trinajstić information content (AvgIpc) is 3.41. The van der Waals surface area contributed by atoms with Gasteiger partial charge in [0, 0.05) is 11.1 Å². The van der Waals surface area contributed by atoms with Gasteiger partial charge < -0.3 is 18.9 Å². The summed E-state index contributed by atoms with van der Waals surface area (Å²) >= 11 is 1.22. The Bertz CT molecular complexity index is 2140. The van der Waals surface area contributed by atoms with Crippen molar-refractivity contribution in [3.8, 4) is 17.2 Å². The Hall–Kier alpha value is -5.48. The zero-order valence-corrected chi connectivity index (χ0v) is 26.8. The van der Waals surface area contributed by atoms with E-state index >= 15 is 0 Å². The van der Waals surface area contributed by atoms with Crippen molar-refractivity contribution in [3.63, 3.8) is 0 Å². The van der Waals surface area contributed by atoms with Crippen molar-refractivity contribution >= 4 is 29.1 Å². The smallest absolute Gasteiger partial charge is 0.338 e. The standard InChI is InChI=1S/C37H31FN2O6S/c1-4-45-36(42)32-33(24-10-6-5-7-11-24)39-37-40(34(32)25-15-17-27(43-2)18-16-25)35(41)31(47-37)21-23-14-19-29(30(20-23)44-3)46-22-26-12-8-9-13-28(26)38/h5-21,34H,4,22H2,1-3H3/b31-21-/t34-/m0/s1. The third kappa shape index (κ3) is 6.45. The highest BCUT2D eigenvalue weighted by Crippen LogP contribution is 2.36. The van der Waals surface area contributed by atoms with Crippen LogP contribution in [0.15, 0.2) is 112 Å². The molecule has 8 nitrogen and oxygen atoms in total. The quantitative estimate of drug-likeness (QED) is 0.181. The molecule has 0 bridgehead atoms. The molecule has 1 aromatic heterocycles. The Balaban J connectivity index is 1.47. The summed E-state index contributed by atoms with van der Waals surface area (Å²) in [5.74, 6) is 0.589. The summed E-state index contributed by atoms with van der Waals surface area (Å²) in [5.41, 5.74) is 2.91. The van der Waals surface area contributed by atoms with Crippen LogP contribution < -0.4 is 29.1 Å². The maximum absolute atomic E-state index is 14.2. The van der Waals surface area contributed by atoms with Gasteiger partial charge in [0.1, 0.15) is 18.2 Å². The molecule has 0 spiro atoms. The Morgan fingerprint density at radius 1 is 0.936 bits per heavy atom. The monoisotopic (exact) mass is 650 g/mol. The minimum Gasteiger partial charge on any atom is -0.497 e. The topological polar surface area (TPSA) is 88.4 Å². The van der Waals surface area contributed by atoms with Crippen molar-refractivity contribution in [2.75, 3.05) is 20.8 Å². The maximum atomic E-state index is 14.2. The Morgan fingerprint density at radius 2 is 1.68 bits per heavy atom. The van der Waals surface area contributed by atoms with Crippen molar-refractivity contribution < 1.29 is 28.1 Å². The van der Waals surface area contributed by atoms with E-state index in [0.29, 0.717) is 49.0 Å². The van der Waals surface area contributed by atoms with Crippen molar-refractivity contribution in [1.29, 1.82) is 0 Å². The Labute approximate surface area is 274 Å². The van der Waals surface area contributed by atoms with Gasteiger partial charge >= 0.3 is 5.97 Å². The summed E-state index contributed by atoms with van der Waals surface area (Å²) in [7, 11) is 3.09. The zero-order chi connectivity index (χ0) is 32.9. The van der Waals surface area contributed by atoms with Gasteiger partial charge in [-0.1, -0.05) is 78.1 Å². The largest absolute Gasteiger partial charge is 0.497 e. The molecule has 1 atom stereocenters. The van der Waals surface area contributed by atoms with E-state index in [4.69, 9.17) is 23.9 Å². The molecule has 0 unspecified atom stereocenters. The number of carbonyl (C=O) groups excluding carboxylic acids is 1. The van der Waals surface area contributed by atoms with Gasteiger partial charge in [-0.05, 0) is 54.5 Å². The molecule has 0 N–H and O–H groups in total. The first-order valence-electron chi connectivity index (χ1n) is 14.9. The molecule has 6 rings (SSSR count). The molecular weight excluding hydrogens is 619 g/mol. The molecule has 0 aliphatic carbocycles. The Kier molecular flexibility index (Phi) is 9.30. The van der Waals surface area contributed by atoms with Crippen LogP contribution in [0.5, 0.6) is 17.2 Å². The van der Waals surface area contributed by atoms with Gasteiger partial charge in [-0.15, -0.1) is 0 Å². The molecule has 2 heterocycles. The number of thiazole rings is 1. The van der Waals surface area contributed by atoms with Gasteiger partial charge in [0.2, 0.25) is 0 Å². The normalized spacial score (nSPS) is 14.3. The maximum Gasteiger partial charge on any atom is 0.338 e. The summed E-state index contributed by atoms with van der Waals surface area (Å²) < 4.78 is 38.4. The number of nitrogens with zero attached hydrogens (tertiary/aromatic N) is 2. The van der Waals surface area contributed by atoms with Gasteiger partial charge in [0.05, 0.1) is 42.7 Å². The number of halogens is 1. The SMILES string of the molecule is CCOC(=O)C1=C(c2ccccc2)N=c2s/c(=C\c3ccc(OCc4ccccc4F)c(OC)c3)c(=O)n2[C@H]1c1ccc(OC)cc1. The highest BCUT2D eigenvalue weighted by Gasteiger charge is 2.35. The van der Waals surface area contributed by atoms with Crippen LogP contribution in [-0.2, 0) is 16.1 Å². The first-order chi connectivity index (χ1) is 22.9. The number of hydrogen-bond acceptors (Lipinski definition) is 8. The van der Waals surface area contributed by atoms with Crippen molar-refractivity contribution in [2.45, 2.75) is 19.6 Å². The molecule has 0 fully saturated rings. The van der Waals surface area contributed by atoms with E-state index in [1.54, 1.807) is 73.2 Å². The third-order valence-corrected chi connectivity index (χ3v) is 8.61. The molecule has 0 saturated heterocycles. The second-order valence-electron chi connectivity index (χ2n) is 10.5. The van der Waals surface area contributed by atoms with Crippen molar-refractivity contribution in [2.24, 2.45) is 4.99 Å². The van der Waals surface area contributed by atoms with E-state index in [1.165, 1.54) is 24.5 Å². The molecule has 47 heavy (non-hydrogen) atoms. The van der Waals surface area contributed by atoms with Gasteiger partial charge in [-0.2, -0.15) is 0 Å². The number of methoxy groups -OCH3 is 2. The summed E-state index contributed by atoms with van der Waals surface area (Å²) in [5, 5.41) is 0. The molecule has 1 aliphatic rings. The minimum atomic E-state index is -0.808. The van der Waals surface area contributed by atoms with Crippen molar-refractivity contribution in [3.05, 3.63) is 150 Å². The van der Waals surface area contributed by atoms with E-state index in [0.717, 1.165) is 5.56 Å². The molecule has 238 valence electrons. The van der Waals surface area contributed by atoms with E-state index in [-0.39, 0.29) is 30.2 Å². The first-order valence-corrected chi connectivity index (χ1v) is 15.7. The molecule has 10 heteroatoms. The fourth-order valence-electron chi connectivity index (χ4n) is 5.36. The lowest BCUT2D eigenvalue weighted by Crippen LogP contribution is -2.40. The summed E-state index contributed by atoms with van der Waals surface area (Å²) in [4.78, 5) is 33.2. The van der Waals surface area contributed by atoms with E-state index in [2.05, 4.69) is 0 Å². The van der Waals surface area contributed by atoms with E-state index < -0.39 is 12.0 Å². The first kappa shape index (κ1) is 31.5. The predicted octanol–water partition coefficient (Wildman–Crippen LogP) is 5.67. The fraction of sp³-hybridized carbons (Fsp3) is 0.162. The number of aromatic nitrogens is 1. The summed E-state index contributed by atoms with van der Waals surface area (Å²) in [6.07, 6.45) is 1.74. The third-order valence-electron chi connectivity index (χ3n) is 7.63. The zero-order valence-electron chi connectivity index (χ0n) is 25.9. The second kappa shape index (κ2) is 13.9. The lowest BCUT2D eigenvalue weighted by atomic mass is 9.93. The molecule has 4 aromatic carbocycles. The lowest BCUT2D eigenvalue weighted by molar-refractivity contribution is -0.138. The van der Waals surface area contributed by atoms with Gasteiger partial charge in [0.15, 0.2) is 16.3 Å². The van der Waals surface area contributed by atoms with Crippen LogP contribution in [0.4, 0.5) is 4.39 Å². The number of esters is 1. The van der Waals surface area contributed by atoms with Crippen LogP contribution in [0.2, 0.25) is 0 Å². The molecule has 0 amide bonds. The number of rotatable bonds is 10. The summed E-state index contributed by atoms with van der Waals surface area (Å²) in [6.45, 7) is 1.92. The average molecular weight is 651 g/mol. The van der Waals surface area contributed by atoms with E-state index in [9.17, 15) is 14.0 Å². The van der Waals surface area contributed by atoms with Crippen molar-refractivity contribution in [1.82, 2.24) is 4.57 Å². The predicted molar refractivity (Wildman–Crippen MR) is 178 cm³/mol. The van der Waals surface area contributed by atoms with E-state index in [1.807, 2.05) is 42.5 Å². The molecular formula is C37H31FN2O6S. The van der Waals surface area contributed by atoms with Gasteiger partial charge in [-0.3, -0.25) is 9.36 Å². The molecule has 0 saturated carbocycles. The minimum absolute atomic E-state index is 0.0267. The molecule has 1 aliphatic heterocycles. The van der Waals surface area contributed by atoms with Crippen LogP contribution in [0.25, 0.3) is 11.8 Å². The van der Waals surface area contributed by atoms with Crippen LogP contribution in [0.3, 0.4) is 0 Å². The summed E-state index contributed by atoms with van der Waals surface area (Å²) in [6, 6.07) is 27.5. The molecule has 5 aromatic rings. The van der Waals surface area contributed by atoms with Crippen LogP contribution >= 0.6 is 11.3 Å². The number of fused-ring (bicyclic) bond motifs is 1. The number of carbonyl (C=O) groups is 1. The lowest BCUT2D eigenvalue weighted by Gasteiger charge is -2.26. The second-order valence-corrected chi connectivity index (χ2v) is 11.5. The van der Waals surface area contributed by atoms with Gasteiger partial charge in [-0.25, -0.2) is 14.2 Å². The highest BCUT2D eigenvalue weighted by molar-refractivity contribution is 7.07. The number of benzene rings is 4. The highest BCUT2D eigenvalue weighted by atomic mass is 32.1. The fourth-order valence-corrected chi connectivity index (χ4v) is 6.36. The van der Waals surface area contributed by atoms with Crippen LogP contribution in [0, 0.1) is 5.82 Å². The van der Waals surface area contributed by atoms with Gasteiger partial charge in [0.25, 0.3) is 5.56 Å². The van der Waals surface area contributed by atoms with Crippen LogP contribution in [-0.4, -0.2) is 31.4 Å². The Morgan fingerprint density at radius 3 is 2.38 bits per heavy atom. The molecule has 0 radical (unpaired) electrons. The number of ether oxygens (including phenoxy) is 4. The number of hydrogen-bond donors (Lipinski definition) is 0. The van der Waals surface area contributed by atoms with Crippen LogP contribution in [0.1, 0.15) is 35.2 Å².